The lowest BCUT2D eigenvalue weighted by Gasteiger charge is -2.06. The zero-order chi connectivity index (χ0) is 13.8. The van der Waals surface area contributed by atoms with Gasteiger partial charge in [-0.2, -0.15) is 0 Å². The first-order valence-corrected chi connectivity index (χ1v) is 6.57. The van der Waals surface area contributed by atoms with Gasteiger partial charge in [-0.15, -0.1) is 10.2 Å². The number of nitrogens with zero attached hydrogens (tertiary/aromatic N) is 2. The highest BCUT2D eigenvalue weighted by molar-refractivity contribution is 7.17. The van der Waals surface area contributed by atoms with Gasteiger partial charge in [0.15, 0.2) is 0 Å². The topological polar surface area (TPSA) is 66.9 Å². The molecule has 100 valence electrons. The number of benzene rings is 1. The van der Waals surface area contributed by atoms with E-state index in [1.54, 1.807) is 19.1 Å². The zero-order valence-corrected chi connectivity index (χ0v) is 11.3. The maximum atomic E-state index is 13.3. The first kappa shape index (κ1) is 13.4. The summed E-state index contributed by atoms with van der Waals surface area (Å²) in [5.74, 6) is -0.751. The number of rotatable bonds is 4. The fourth-order valence-corrected chi connectivity index (χ4v) is 2.16. The molecule has 2 rings (SSSR count). The predicted octanol–water partition coefficient (Wildman–Crippen LogP) is 2.67. The van der Waals surface area contributed by atoms with Gasteiger partial charge in [0.25, 0.3) is 5.91 Å². The first-order chi connectivity index (χ1) is 9.11. The van der Waals surface area contributed by atoms with Crippen molar-refractivity contribution in [2.24, 2.45) is 0 Å². The van der Waals surface area contributed by atoms with Gasteiger partial charge >= 0.3 is 0 Å². The fourth-order valence-electron chi connectivity index (χ4n) is 1.46. The number of aromatic nitrogens is 2. The average Bonchev–Trinajstić information content (AvgIpc) is 2.84. The quantitative estimate of drug-likeness (QED) is 0.903. The summed E-state index contributed by atoms with van der Waals surface area (Å²) >= 11 is 1.16. The van der Waals surface area contributed by atoms with Gasteiger partial charge < -0.3 is 10.6 Å². The Balaban J connectivity index is 2.14. The van der Waals surface area contributed by atoms with Gasteiger partial charge in [0.2, 0.25) is 10.1 Å². The third kappa shape index (κ3) is 3.05. The van der Waals surface area contributed by atoms with Crippen LogP contribution >= 0.6 is 11.3 Å². The molecule has 0 spiro atoms. The Morgan fingerprint density at radius 1 is 1.42 bits per heavy atom. The van der Waals surface area contributed by atoms with Gasteiger partial charge in [-0.05, 0) is 26.0 Å². The van der Waals surface area contributed by atoms with Gasteiger partial charge in [-0.25, -0.2) is 4.39 Å². The van der Waals surface area contributed by atoms with Gasteiger partial charge in [0.05, 0.1) is 0 Å². The van der Waals surface area contributed by atoms with E-state index in [1.165, 1.54) is 6.07 Å². The minimum Gasteiger partial charge on any atom is -0.360 e. The largest absolute Gasteiger partial charge is 0.360 e. The molecule has 1 aromatic heterocycles. The van der Waals surface area contributed by atoms with E-state index in [-0.39, 0.29) is 10.8 Å². The summed E-state index contributed by atoms with van der Waals surface area (Å²) in [4.78, 5) is 11.9. The summed E-state index contributed by atoms with van der Waals surface area (Å²) in [5.41, 5.74) is 0.831. The molecule has 0 radical (unpaired) electrons. The molecule has 2 aromatic rings. The second-order valence-corrected chi connectivity index (χ2v) is 4.79. The highest BCUT2D eigenvalue weighted by Crippen LogP contribution is 2.20. The lowest BCUT2D eigenvalue weighted by molar-refractivity contribution is 0.102. The van der Waals surface area contributed by atoms with E-state index in [0.29, 0.717) is 22.9 Å². The van der Waals surface area contributed by atoms with E-state index in [0.717, 1.165) is 11.3 Å². The Kier molecular flexibility index (Phi) is 4.06. The summed E-state index contributed by atoms with van der Waals surface area (Å²) in [7, 11) is 0. The minimum absolute atomic E-state index is 0.236. The molecule has 19 heavy (non-hydrogen) atoms. The Bertz CT molecular complexity index is 599. The summed E-state index contributed by atoms with van der Waals surface area (Å²) in [6.45, 7) is 4.24. The van der Waals surface area contributed by atoms with Crippen LogP contribution in [0.1, 0.15) is 22.3 Å². The number of hydrogen-bond acceptors (Lipinski definition) is 5. The SMILES string of the molecule is CCNc1nnc(C(=O)Nc2cccc(F)c2C)s1. The molecule has 5 nitrogen and oxygen atoms in total. The van der Waals surface area contributed by atoms with Crippen LogP contribution in [0.5, 0.6) is 0 Å². The molecule has 2 N–H and O–H groups in total. The lowest BCUT2D eigenvalue weighted by atomic mass is 10.2. The van der Waals surface area contributed by atoms with Crippen molar-refractivity contribution in [2.45, 2.75) is 13.8 Å². The van der Waals surface area contributed by atoms with Crippen molar-refractivity contribution in [3.05, 3.63) is 34.6 Å². The summed E-state index contributed by atoms with van der Waals surface area (Å²) in [6, 6.07) is 4.53. The summed E-state index contributed by atoms with van der Waals surface area (Å²) < 4.78 is 13.3. The zero-order valence-electron chi connectivity index (χ0n) is 10.5. The van der Waals surface area contributed by atoms with Crippen LogP contribution in [-0.2, 0) is 0 Å². The molecule has 0 atom stereocenters. The molecule has 0 bridgehead atoms. The second-order valence-electron chi connectivity index (χ2n) is 3.81. The monoisotopic (exact) mass is 280 g/mol. The minimum atomic E-state index is -0.393. The standard InChI is InChI=1S/C12H13FN4OS/c1-3-14-12-17-16-11(19-12)10(18)15-9-6-4-5-8(13)7(9)2/h4-6H,3H2,1-2H3,(H,14,17)(H,15,18). The molecule has 0 aliphatic heterocycles. The van der Waals surface area contributed by atoms with Gasteiger partial charge in [-0.1, -0.05) is 17.4 Å². The van der Waals surface area contributed by atoms with Crippen LogP contribution in [0.2, 0.25) is 0 Å². The van der Waals surface area contributed by atoms with E-state index < -0.39 is 5.91 Å². The van der Waals surface area contributed by atoms with Gasteiger partial charge in [-0.3, -0.25) is 4.79 Å². The van der Waals surface area contributed by atoms with Crippen molar-refractivity contribution < 1.29 is 9.18 Å². The number of carbonyl (C=O) groups excluding carboxylic acids is 1. The molecule has 1 heterocycles. The Hall–Kier alpha value is -2.02. The van der Waals surface area contributed by atoms with E-state index >= 15 is 0 Å². The Morgan fingerprint density at radius 3 is 2.95 bits per heavy atom. The highest BCUT2D eigenvalue weighted by atomic mass is 32.1. The molecule has 1 amide bonds. The predicted molar refractivity (Wildman–Crippen MR) is 73.2 cm³/mol. The maximum absolute atomic E-state index is 13.3. The lowest BCUT2D eigenvalue weighted by Crippen LogP contribution is -2.12. The van der Waals surface area contributed by atoms with E-state index in [1.807, 2.05) is 6.92 Å². The molecule has 0 aliphatic carbocycles. The van der Waals surface area contributed by atoms with Gasteiger partial charge in [0.1, 0.15) is 5.82 Å². The van der Waals surface area contributed by atoms with E-state index in [4.69, 9.17) is 0 Å². The Labute approximate surface area is 113 Å². The molecule has 0 fully saturated rings. The number of carbonyl (C=O) groups is 1. The summed E-state index contributed by atoms with van der Waals surface area (Å²) in [6.07, 6.45) is 0. The van der Waals surface area contributed by atoms with Crippen LogP contribution in [0.15, 0.2) is 18.2 Å². The Morgan fingerprint density at radius 2 is 2.21 bits per heavy atom. The fraction of sp³-hybridized carbons (Fsp3) is 0.250. The number of amides is 1. The van der Waals surface area contributed by atoms with Crippen molar-refractivity contribution >= 4 is 28.1 Å². The van der Waals surface area contributed by atoms with Crippen LogP contribution in [0.4, 0.5) is 15.2 Å². The van der Waals surface area contributed by atoms with E-state index in [9.17, 15) is 9.18 Å². The van der Waals surface area contributed by atoms with Crippen LogP contribution in [0.25, 0.3) is 0 Å². The molecule has 0 aliphatic rings. The summed E-state index contributed by atoms with van der Waals surface area (Å²) in [5, 5.41) is 14.0. The first-order valence-electron chi connectivity index (χ1n) is 5.75. The average molecular weight is 280 g/mol. The molecule has 1 aromatic carbocycles. The van der Waals surface area contributed by atoms with E-state index in [2.05, 4.69) is 20.8 Å². The van der Waals surface area contributed by atoms with Crippen LogP contribution in [0, 0.1) is 12.7 Å². The van der Waals surface area contributed by atoms with Gasteiger partial charge in [0, 0.05) is 17.8 Å². The second kappa shape index (κ2) is 5.75. The molecule has 0 saturated heterocycles. The molecule has 7 heteroatoms. The van der Waals surface area contributed by atoms with Crippen molar-refractivity contribution in [3.63, 3.8) is 0 Å². The molecule has 0 saturated carbocycles. The number of hydrogen-bond donors (Lipinski definition) is 2. The van der Waals surface area contributed by atoms with Crippen molar-refractivity contribution in [2.75, 3.05) is 17.2 Å². The highest BCUT2D eigenvalue weighted by Gasteiger charge is 2.14. The number of halogens is 1. The third-order valence-electron chi connectivity index (χ3n) is 2.46. The van der Waals surface area contributed by atoms with Crippen LogP contribution in [0.3, 0.4) is 0 Å². The van der Waals surface area contributed by atoms with Crippen LogP contribution < -0.4 is 10.6 Å². The molecular formula is C12H13FN4OS. The number of nitrogens with one attached hydrogen (secondary N) is 2. The maximum Gasteiger partial charge on any atom is 0.286 e. The molecular weight excluding hydrogens is 267 g/mol. The van der Waals surface area contributed by atoms with Crippen molar-refractivity contribution in [1.82, 2.24) is 10.2 Å². The smallest absolute Gasteiger partial charge is 0.286 e. The van der Waals surface area contributed by atoms with Crippen molar-refractivity contribution in [3.8, 4) is 0 Å². The van der Waals surface area contributed by atoms with Crippen LogP contribution in [-0.4, -0.2) is 22.6 Å². The normalized spacial score (nSPS) is 10.3. The van der Waals surface area contributed by atoms with Crippen molar-refractivity contribution in [1.29, 1.82) is 0 Å². The number of anilines is 2. The third-order valence-corrected chi connectivity index (χ3v) is 3.34. The molecule has 0 unspecified atom stereocenters.